The molecule has 6 nitrogen and oxygen atoms in total. The van der Waals surface area contributed by atoms with Crippen molar-refractivity contribution in [2.45, 2.75) is 13.3 Å². The van der Waals surface area contributed by atoms with E-state index in [1.165, 1.54) is 6.92 Å². The molecule has 4 rings (SSSR count). The lowest BCUT2D eigenvalue weighted by molar-refractivity contribution is -0.116. The molecule has 0 atom stereocenters. The molecule has 0 radical (unpaired) electrons. The number of carbonyl (C=O) groups excluding carboxylic acids is 3. The zero-order chi connectivity index (χ0) is 22.0. The molecule has 2 N–H and O–H groups in total. The maximum Gasteiger partial charge on any atom is 0.255 e. The van der Waals surface area contributed by atoms with Crippen LogP contribution < -0.4 is 15.5 Å². The standard InChI is InChI=1S/C24H20ClN3O3/c1-15(29)28-13-12-17-14-18(8-11-22(17)28)24(31)27-21-5-3-2-4-20(21)26-23(30)16-6-9-19(25)10-7-16/h2-11,14H,12-13H2,1H3,(H,26,30)(H,27,31). The van der Waals surface area contributed by atoms with Crippen LogP contribution in [-0.2, 0) is 11.2 Å². The summed E-state index contributed by atoms with van der Waals surface area (Å²) in [5, 5.41) is 6.23. The van der Waals surface area contributed by atoms with E-state index >= 15 is 0 Å². The molecule has 7 heteroatoms. The average Bonchev–Trinajstić information content (AvgIpc) is 3.19. The Kier molecular flexibility index (Phi) is 5.73. The SMILES string of the molecule is CC(=O)N1CCc2cc(C(=O)Nc3ccccc3NC(=O)c3ccc(Cl)cc3)ccc21. The highest BCUT2D eigenvalue weighted by molar-refractivity contribution is 6.30. The summed E-state index contributed by atoms with van der Waals surface area (Å²) in [5.41, 5.74) is 3.73. The maximum atomic E-state index is 12.9. The Balaban J connectivity index is 1.51. The van der Waals surface area contributed by atoms with Crippen molar-refractivity contribution in [3.05, 3.63) is 88.4 Å². The number of anilines is 3. The normalized spacial score (nSPS) is 12.3. The first-order valence-electron chi connectivity index (χ1n) is 9.81. The monoisotopic (exact) mass is 433 g/mol. The molecule has 1 heterocycles. The van der Waals surface area contributed by atoms with Gasteiger partial charge in [0.25, 0.3) is 11.8 Å². The first kappa shape index (κ1) is 20.6. The van der Waals surface area contributed by atoms with Crippen molar-refractivity contribution in [3.63, 3.8) is 0 Å². The predicted octanol–water partition coefficient (Wildman–Crippen LogP) is 4.75. The number of rotatable bonds is 4. The summed E-state index contributed by atoms with van der Waals surface area (Å²) in [6.45, 7) is 2.15. The highest BCUT2D eigenvalue weighted by Gasteiger charge is 2.23. The molecule has 156 valence electrons. The fourth-order valence-corrected chi connectivity index (χ4v) is 3.69. The van der Waals surface area contributed by atoms with Crippen LogP contribution in [0.3, 0.4) is 0 Å². The van der Waals surface area contributed by atoms with Gasteiger partial charge in [-0.1, -0.05) is 23.7 Å². The first-order valence-corrected chi connectivity index (χ1v) is 10.2. The molecule has 1 aliphatic rings. The number of hydrogen-bond acceptors (Lipinski definition) is 3. The second kappa shape index (κ2) is 8.62. The molecule has 31 heavy (non-hydrogen) atoms. The van der Waals surface area contributed by atoms with Gasteiger partial charge in [-0.2, -0.15) is 0 Å². The zero-order valence-corrected chi connectivity index (χ0v) is 17.6. The van der Waals surface area contributed by atoms with Crippen molar-refractivity contribution in [2.24, 2.45) is 0 Å². The number of para-hydroxylation sites is 2. The van der Waals surface area contributed by atoms with Crippen LogP contribution in [0.2, 0.25) is 5.02 Å². The number of hydrogen-bond donors (Lipinski definition) is 2. The summed E-state index contributed by atoms with van der Waals surface area (Å²) in [4.78, 5) is 38.8. The van der Waals surface area contributed by atoms with Crippen LogP contribution in [-0.4, -0.2) is 24.3 Å². The van der Waals surface area contributed by atoms with E-state index in [-0.39, 0.29) is 17.7 Å². The molecule has 0 spiro atoms. The van der Waals surface area contributed by atoms with Gasteiger partial charge in [-0.05, 0) is 66.6 Å². The summed E-state index contributed by atoms with van der Waals surface area (Å²) in [6, 6.07) is 18.9. The summed E-state index contributed by atoms with van der Waals surface area (Å²) in [7, 11) is 0. The lowest BCUT2D eigenvalue weighted by Crippen LogP contribution is -2.25. The summed E-state index contributed by atoms with van der Waals surface area (Å²) in [5.74, 6) is -0.612. The highest BCUT2D eigenvalue weighted by atomic mass is 35.5. The fourth-order valence-electron chi connectivity index (χ4n) is 3.56. The molecule has 3 amide bonds. The van der Waals surface area contributed by atoms with Crippen LogP contribution in [0.15, 0.2) is 66.7 Å². The van der Waals surface area contributed by atoms with E-state index in [1.54, 1.807) is 65.6 Å². The molecule has 3 aromatic rings. The van der Waals surface area contributed by atoms with E-state index in [2.05, 4.69) is 10.6 Å². The van der Waals surface area contributed by atoms with Gasteiger partial charge in [-0.25, -0.2) is 0 Å². The zero-order valence-electron chi connectivity index (χ0n) is 16.8. The van der Waals surface area contributed by atoms with Gasteiger partial charge in [0.2, 0.25) is 5.91 Å². The number of benzene rings is 3. The topological polar surface area (TPSA) is 78.5 Å². The van der Waals surface area contributed by atoms with Gasteiger partial charge >= 0.3 is 0 Å². The van der Waals surface area contributed by atoms with Crippen molar-refractivity contribution < 1.29 is 14.4 Å². The Bertz CT molecular complexity index is 1170. The Morgan fingerprint density at radius 2 is 1.42 bits per heavy atom. The molecule has 3 aromatic carbocycles. The Hall–Kier alpha value is -3.64. The minimum Gasteiger partial charge on any atom is -0.320 e. The van der Waals surface area contributed by atoms with Gasteiger partial charge in [0.15, 0.2) is 0 Å². The third-order valence-electron chi connectivity index (χ3n) is 5.15. The van der Waals surface area contributed by atoms with Crippen molar-refractivity contribution in [2.75, 3.05) is 22.1 Å². The minimum absolute atomic E-state index is 0.0127. The van der Waals surface area contributed by atoms with Crippen LogP contribution in [0, 0.1) is 0 Å². The number of halogens is 1. The lowest BCUT2D eigenvalue weighted by Gasteiger charge is -2.15. The number of amides is 3. The molecule has 1 aliphatic heterocycles. The van der Waals surface area contributed by atoms with Crippen molar-refractivity contribution in [3.8, 4) is 0 Å². The lowest BCUT2D eigenvalue weighted by atomic mass is 10.1. The smallest absolute Gasteiger partial charge is 0.255 e. The van der Waals surface area contributed by atoms with Gasteiger partial charge in [0.1, 0.15) is 0 Å². The first-order chi connectivity index (χ1) is 14.9. The maximum absolute atomic E-state index is 12.9. The molecule has 0 bridgehead atoms. The van der Waals surface area contributed by atoms with Crippen LogP contribution in [0.25, 0.3) is 0 Å². The minimum atomic E-state index is -0.305. The van der Waals surface area contributed by atoms with E-state index in [1.807, 2.05) is 6.07 Å². The molecule has 0 aliphatic carbocycles. The van der Waals surface area contributed by atoms with Gasteiger partial charge in [-0.15, -0.1) is 0 Å². The molecule has 0 unspecified atom stereocenters. The van der Waals surface area contributed by atoms with Crippen molar-refractivity contribution in [1.82, 2.24) is 0 Å². The largest absolute Gasteiger partial charge is 0.320 e. The van der Waals surface area contributed by atoms with Gasteiger partial charge < -0.3 is 15.5 Å². The summed E-state index contributed by atoms with van der Waals surface area (Å²) >= 11 is 5.88. The van der Waals surface area contributed by atoms with Crippen molar-refractivity contribution >= 4 is 46.4 Å². The van der Waals surface area contributed by atoms with E-state index < -0.39 is 0 Å². The molecule has 0 saturated carbocycles. The van der Waals surface area contributed by atoms with Crippen LogP contribution in [0.5, 0.6) is 0 Å². The number of fused-ring (bicyclic) bond motifs is 1. The highest BCUT2D eigenvalue weighted by Crippen LogP contribution is 2.30. The van der Waals surface area contributed by atoms with E-state index in [0.29, 0.717) is 40.5 Å². The Morgan fingerprint density at radius 1 is 0.839 bits per heavy atom. The number of nitrogens with one attached hydrogen (secondary N) is 2. The van der Waals surface area contributed by atoms with Crippen LogP contribution in [0.1, 0.15) is 33.2 Å². The summed E-state index contributed by atoms with van der Waals surface area (Å²) in [6.07, 6.45) is 0.712. The number of carbonyl (C=O) groups is 3. The van der Waals surface area contributed by atoms with E-state index in [4.69, 9.17) is 11.6 Å². The van der Waals surface area contributed by atoms with Gasteiger partial charge in [0, 0.05) is 35.3 Å². The molecule has 0 saturated heterocycles. The molecular formula is C24H20ClN3O3. The second-order valence-electron chi connectivity index (χ2n) is 7.22. The fraction of sp³-hybridized carbons (Fsp3) is 0.125. The van der Waals surface area contributed by atoms with E-state index in [9.17, 15) is 14.4 Å². The second-order valence-corrected chi connectivity index (χ2v) is 7.66. The van der Waals surface area contributed by atoms with Crippen LogP contribution in [0.4, 0.5) is 17.1 Å². The van der Waals surface area contributed by atoms with Gasteiger partial charge in [-0.3, -0.25) is 14.4 Å². The average molecular weight is 434 g/mol. The van der Waals surface area contributed by atoms with Crippen molar-refractivity contribution in [1.29, 1.82) is 0 Å². The van der Waals surface area contributed by atoms with Gasteiger partial charge in [0.05, 0.1) is 11.4 Å². The Morgan fingerprint density at radius 3 is 2.03 bits per heavy atom. The third-order valence-corrected chi connectivity index (χ3v) is 5.40. The summed E-state index contributed by atoms with van der Waals surface area (Å²) < 4.78 is 0. The van der Waals surface area contributed by atoms with Crippen LogP contribution >= 0.6 is 11.6 Å². The van der Waals surface area contributed by atoms with E-state index in [0.717, 1.165) is 11.3 Å². The molecule has 0 aromatic heterocycles. The predicted molar refractivity (Wildman–Crippen MR) is 122 cm³/mol. The Labute approximate surface area is 184 Å². The number of nitrogens with zero attached hydrogens (tertiary/aromatic N) is 1. The molecular weight excluding hydrogens is 414 g/mol. The molecule has 0 fully saturated rings. The quantitative estimate of drug-likeness (QED) is 0.623. The third kappa shape index (κ3) is 4.44.